The minimum atomic E-state index is -0.505. The molecular weight excluding hydrogens is 284 g/mol. The van der Waals surface area contributed by atoms with Crippen LogP contribution in [0.4, 0.5) is 0 Å². The lowest BCUT2D eigenvalue weighted by atomic mass is 10.0. The highest BCUT2D eigenvalue weighted by Crippen LogP contribution is 2.32. The van der Waals surface area contributed by atoms with Crippen LogP contribution in [0.3, 0.4) is 0 Å². The Morgan fingerprint density at radius 3 is 2.64 bits per heavy atom. The molecule has 6 heteroatoms. The van der Waals surface area contributed by atoms with E-state index in [4.69, 9.17) is 9.47 Å². The quantitative estimate of drug-likeness (QED) is 0.829. The van der Waals surface area contributed by atoms with Crippen LogP contribution in [0.15, 0.2) is 18.2 Å². The molecule has 0 fully saturated rings. The maximum Gasteiger partial charge on any atom is 0.242 e. The molecule has 0 aliphatic carbocycles. The fraction of sp³-hybridized carbons (Fsp3) is 0.500. The van der Waals surface area contributed by atoms with Crippen LogP contribution in [-0.2, 0) is 16.0 Å². The molecule has 6 nitrogen and oxygen atoms in total. The van der Waals surface area contributed by atoms with Crippen LogP contribution in [0.2, 0.25) is 0 Å². The molecule has 2 rings (SSSR count). The van der Waals surface area contributed by atoms with E-state index < -0.39 is 6.04 Å². The Morgan fingerprint density at radius 1 is 1.23 bits per heavy atom. The zero-order chi connectivity index (χ0) is 16.1. The topological polar surface area (TPSA) is 76.7 Å². The van der Waals surface area contributed by atoms with Crippen molar-refractivity contribution in [1.82, 2.24) is 10.6 Å². The summed E-state index contributed by atoms with van der Waals surface area (Å²) < 4.78 is 10.6. The van der Waals surface area contributed by atoms with Gasteiger partial charge in [-0.3, -0.25) is 9.59 Å². The second kappa shape index (κ2) is 7.15. The van der Waals surface area contributed by atoms with Crippen molar-refractivity contribution in [1.29, 1.82) is 0 Å². The van der Waals surface area contributed by atoms with Gasteiger partial charge in [0.1, 0.15) is 6.04 Å². The van der Waals surface area contributed by atoms with Gasteiger partial charge < -0.3 is 20.1 Å². The minimum Gasteiger partial charge on any atom is -0.454 e. The van der Waals surface area contributed by atoms with E-state index in [2.05, 4.69) is 10.6 Å². The van der Waals surface area contributed by atoms with Crippen molar-refractivity contribution in [3.05, 3.63) is 23.8 Å². The van der Waals surface area contributed by atoms with E-state index in [0.29, 0.717) is 13.0 Å². The Bertz CT molecular complexity index is 557. The summed E-state index contributed by atoms with van der Waals surface area (Å²) in [7, 11) is 0. The predicted octanol–water partition coefficient (Wildman–Crippen LogP) is 1.23. The van der Waals surface area contributed by atoms with E-state index in [9.17, 15) is 9.59 Å². The molecule has 120 valence electrons. The summed E-state index contributed by atoms with van der Waals surface area (Å²) in [6, 6.07) is 5.23. The highest BCUT2D eigenvalue weighted by Gasteiger charge is 2.22. The van der Waals surface area contributed by atoms with Gasteiger partial charge in [-0.1, -0.05) is 19.9 Å². The highest BCUT2D eigenvalue weighted by atomic mass is 16.7. The molecule has 0 bridgehead atoms. The molecule has 22 heavy (non-hydrogen) atoms. The summed E-state index contributed by atoms with van der Waals surface area (Å²) in [6.07, 6.45) is 0.688. The number of rotatable bonds is 6. The van der Waals surface area contributed by atoms with Crippen LogP contribution >= 0.6 is 0 Å². The molecule has 0 aromatic heterocycles. The lowest BCUT2D eigenvalue weighted by Gasteiger charge is -2.20. The van der Waals surface area contributed by atoms with E-state index >= 15 is 0 Å². The van der Waals surface area contributed by atoms with Gasteiger partial charge in [0.2, 0.25) is 18.6 Å². The number of hydrogen-bond acceptors (Lipinski definition) is 4. The molecule has 0 spiro atoms. The number of amides is 2. The second-order valence-corrected chi connectivity index (χ2v) is 5.65. The third-order valence-corrected chi connectivity index (χ3v) is 3.46. The van der Waals surface area contributed by atoms with Gasteiger partial charge in [-0.15, -0.1) is 0 Å². The number of ether oxygens (including phenoxy) is 2. The summed E-state index contributed by atoms with van der Waals surface area (Å²) in [5.74, 6) is 1.16. The monoisotopic (exact) mass is 306 g/mol. The standard InChI is InChI=1S/C16H22N2O4/c1-10(2)15(18-11(3)19)16(20)17-7-6-12-4-5-13-14(8-12)22-9-21-13/h4-5,8,10,15H,6-7,9H2,1-3H3,(H,17,20)(H,18,19). The van der Waals surface area contributed by atoms with Crippen LogP contribution in [0.1, 0.15) is 26.3 Å². The lowest BCUT2D eigenvalue weighted by molar-refractivity contribution is -0.129. The summed E-state index contributed by atoms with van der Waals surface area (Å²) in [4.78, 5) is 23.3. The molecule has 1 atom stereocenters. The van der Waals surface area contributed by atoms with Crippen LogP contribution in [-0.4, -0.2) is 31.2 Å². The van der Waals surface area contributed by atoms with Gasteiger partial charge >= 0.3 is 0 Å². The predicted molar refractivity (Wildman–Crippen MR) is 81.7 cm³/mol. The van der Waals surface area contributed by atoms with Crippen molar-refractivity contribution in [3.63, 3.8) is 0 Å². The van der Waals surface area contributed by atoms with Gasteiger partial charge in [0, 0.05) is 13.5 Å². The zero-order valence-corrected chi connectivity index (χ0v) is 13.1. The third-order valence-electron chi connectivity index (χ3n) is 3.46. The molecule has 1 unspecified atom stereocenters. The normalized spacial score (nSPS) is 13.8. The van der Waals surface area contributed by atoms with Crippen molar-refractivity contribution in [2.45, 2.75) is 33.2 Å². The summed E-state index contributed by atoms with van der Waals surface area (Å²) >= 11 is 0. The number of fused-ring (bicyclic) bond motifs is 1. The molecule has 1 aromatic rings. The van der Waals surface area contributed by atoms with E-state index in [-0.39, 0.29) is 24.5 Å². The van der Waals surface area contributed by atoms with Crippen LogP contribution in [0, 0.1) is 5.92 Å². The average Bonchev–Trinajstić information content (AvgIpc) is 2.91. The van der Waals surface area contributed by atoms with Crippen molar-refractivity contribution < 1.29 is 19.1 Å². The van der Waals surface area contributed by atoms with E-state index in [1.807, 2.05) is 32.0 Å². The first-order chi connectivity index (χ1) is 10.5. The molecule has 1 aliphatic heterocycles. The SMILES string of the molecule is CC(=O)NC(C(=O)NCCc1ccc2c(c1)OCO2)C(C)C. The number of nitrogens with one attached hydrogen (secondary N) is 2. The number of hydrogen-bond donors (Lipinski definition) is 2. The average molecular weight is 306 g/mol. The number of carbonyl (C=O) groups excluding carboxylic acids is 2. The Labute approximate surface area is 130 Å². The third kappa shape index (κ3) is 4.13. The van der Waals surface area contributed by atoms with Crippen molar-refractivity contribution in [3.8, 4) is 11.5 Å². The zero-order valence-electron chi connectivity index (χ0n) is 13.1. The highest BCUT2D eigenvalue weighted by molar-refractivity contribution is 5.87. The van der Waals surface area contributed by atoms with Crippen LogP contribution in [0.25, 0.3) is 0 Å². The van der Waals surface area contributed by atoms with E-state index in [0.717, 1.165) is 17.1 Å². The fourth-order valence-corrected chi connectivity index (χ4v) is 2.29. The summed E-state index contributed by atoms with van der Waals surface area (Å²) in [6.45, 7) is 5.97. The first-order valence-corrected chi connectivity index (χ1v) is 7.40. The first-order valence-electron chi connectivity index (χ1n) is 7.40. The number of benzene rings is 1. The maximum atomic E-state index is 12.1. The molecule has 2 amide bonds. The molecule has 1 aliphatic rings. The second-order valence-electron chi connectivity index (χ2n) is 5.65. The largest absolute Gasteiger partial charge is 0.454 e. The van der Waals surface area contributed by atoms with Gasteiger partial charge in [-0.25, -0.2) is 0 Å². The maximum absolute atomic E-state index is 12.1. The van der Waals surface area contributed by atoms with Crippen molar-refractivity contribution >= 4 is 11.8 Å². The van der Waals surface area contributed by atoms with Gasteiger partial charge in [0.25, 0.3) is 0 Å². The Hall–Kier alpha value is -2.24. The Balaban J connectivity index is 1.84. The molecule has 2 N–H and O–H groups in total. The molecule has 1 aromatic carbocycles. The Morgan fingerprint density at radius 2 is 1.95 bits per heavy atom. The fourth-order valence-electron chi connectivity index (χ4n) is 2.29. The van der Waals surface area contributed by atoms with Crippen molar-refractivity contribution in [2.24, 2.45) is 5.92 Å². The van der Waals surface area contributed by atoms with Crippen LogP contribution in [0.5, 0.6) is 11.5 Å². The Kier molecular flexibility index (Phi) is 5.25. The van der Waals surface area contributed by atoms with Gasteiger partial charge in [0.15, 0.2) is 11.5 Å². The summed E-state index contributed by atoms with van der Waals surface area (Å²) in [5.41, 5.74) is 1.06. The molecule has 0 radical (unpaired) electrons. The molecular formula is C16H22N2O4. The minimum absolute atomic E-state index is 0.0365. The molecule has 0 saturated heterocycles. The lowest BCUT2D eigenvalue weighted by Crippen LogP contribution is -2.49. The molecule has 1 heterocycles. The van der Waals surface area contributed by atoms with Gasteiger partial charge in [0.05, 0.1) is 0 Å². The van der Waals surface area contributed by atoms with Gasteiger partial charge in [-0.2, -0.15) is 0 Å². The van der Waals surface area contributed by atoms with E-state index in [1.165, 1.54) is 6.92 Å². The summed E-state index contributed by atoms with van der Waals surface area (Å²) in [5, 5.41) is 5.53. The van der Waals surface area contributed by atoms with E-state index in [1.54, 1.807) is 0 Å². The van der Waals surface area contributed by atoms with Crippen LogP contribution < -0.4 is 20.1 Å². The first kappa shape index (κ1) is 16.1. The van der Waals surface area contributed by atoms with Gasteiger partial charge in [-0.05, 0) is 30.0 Å². The number of carbonyl (C=O) groups is 2. The smallest absolute Gasteiger partial charge is 0.242 e. The molecule has 0 saturated carbocycles. The van der Waals surface area contributed by atoms with Crippen molar-refractivity contribution in [2.75, 3.05) is 13.3 Å².